The number of hydrogen-bond acceptors (Lipinski definition) is 5. The second kappa shape index (κ2) is 6.33. The Hall–Kier alpha value is -1.88. The fraction of sp³-hybridized carbons (Fsp3) is 0.429. The lowest BCUT2D eigenvalue weighted by Crippen LogP contribution is -2.22. The van der Waals surface area contributed by atoms with Gasteiger partial charge in [-0.25, -0.2) is 0 Å². The molecule has 0 bridgehead atoms. The standard InChI is InChI=1S/C14H19N3O2/c1-10(12-6-4-5-7-13(12)18-3)15-9-8-14-16-11(2)19-17-14/h4-7,10,15H,8-9H2,1-3H3. The number of para-hydroxylation sites is 1. The normalized spacial score (nSPS) is 12.4. The molecule has 2 aromatic rings. The molecule has 0 amide bonds. The average Bonchev–Trinajstić information content (AvgIpc) is 2.84. The molecule has 0 radical (unpaired) electrons. The molecular formula is C14H19N3O2. The third-order valence-corrected chi connectivity index (χ3v) is 2.97. The van der Waals surface area contributed by atoms with Crippen molar-refractivity contribution >= 4 is 0 Å². The van der Waals surface area contributed by atoms with Gasteiger partial charge in [-0.3, -0.25) is 0 Å². The molecule has 1 aromatic carbocycles. The summed E-state index contributed by atoms with van der Waals surface area (Å²) in [4.78, 5) is 4.17. The molecule has 0 aliphatic heterocycles. The van der Waals surface area contributed by atoms with Crippen molar-refractivity contribution in [1.29, 1.82) is 0 Å². The number of benzene rings is 1. The molecule has 1 atom stereocenters. The maximum Gasteiger partial charge on any atom is 0.223 e. The predicted molar refractivity (Wildman–Crippen MR) is 72.2 cm³/mol. The van der Waals surface area contributed by atoms with Crippen LogP contribution in [0.1, 0.15) is 30.2 Å². The molecule has 0 saturated carbocycles. The van der Waals surface area contributed by atoms with Crippen LogP contribution in [0, 0.1) is 6.92 Å². The van der Waals surface area contributed by atoms with Gasteiger partial charge in [-0.1, -0.05) is 23.4 Å². The minimum absolute atomic E-state index is 0.212. The van der Waals surface area contributed by atoms with E-state index in [2.05, 4.69) is 28.4 Å². The summed E-state index contributed by atoms with van der Waals surface area (Å²) in [5.74, 6) is 2.24. The van der Waals surface area contributed by atoms with E-state index in [9.17, 15) is 0 Å². The van der Waals surface area contributed by atoms with Gasteiger partial charge >= 0.3 is 0 Å². The summed E-state index contributed by atoms with van der Waals surface area (Å²) in [5, 5.41) is 7.30. The number of nitrogens with one attached hydrogen (secondary N) is 1. The maximum atomic E-state index is 5.35. The summed E-state index contributed by atoms with van der Waals surface area (Å²) < 4.78 is 10.3. The van der Waals surface area contributed by atoms with Gasteiger partial charge in [0.1, 0.15) is 5.75 Å². The molecule has 2 rings (SSSR count). The lowest BCUT2D eigenvalue weighted by atomic mass is 10.1. The van der Waals surface area contributed by atoms with Gasteiger partial charge in [-0.2, -0.15) is 4.98 Å². The number of ether oxygens (including phenoxy) is 1. The molecule has 0 aliphatic rings. The van der Waals surface area contributed by atoms with Gasteiger partial charge in [-0.05, 0) is 13.0 Å². The first-order valence-electron chi connectivity index (χ1n) is 6.36. The van der Waals surface area contributed by atoms with E-state index in [1.54, 1.807) is 14.0 Å². The number of nitrogens with zero attached hydrogens (tertiary/aromatic N) is 2. The average molecular weight is 261 g/mol. The summed E-state index contributed by atoms with van der Waals surface area (Å²) >= 11 is 0. The van der Waals surface area contributed by atoms with Gasteiger partial charge in [-0.15, -0.1) is 0 Å². The smallest absolute Gasteiger partial charge is 0.223 e. The van der Waals surface area contributed by atoms with Crippen LogP contribution in [-0.2, 0) is 6.42 Å². The molecule has 0 aliphatic carbocycles. The molecule has 0 saturated heterocycles. The zero-order valence-electron chi connectivity index (χ0n) is 11.5. The molecule has 5 heteroatoms. The number of aryl methyl sites for hydroxylation is 1. The summed E-state index contributed by atoms with van der Waals surface area (Å²) in [7, 11) is 1.69. The number of rotatable bonds is 6. The predicted octanol–water partition coefficient (Wildman–Crippen LogP) is 2.28. The molecule has 0 fully saturated rings. The van der Waals surface area contributed by atoms with Gasteiger partial charge in [0.05, 0.1) is 7.11 Å². The second-order valence-corrected chi connectivity index (χ2v) is 4.40. The van der Waals surface area contributed by atoms with E-state index in [0.29, 0.717) is 5.89 Å². The molecule has 102 valence electrons. The van der Waals surface area contributed by atoms with Crippen molar-refractivity contribution in [2.45, 2.75) is 26.3 Å². The van der Waals surface area contributed by atoms with E-state index in [4.69, 9.17) is 9.26 Å². The first-order chi connectivity index (χ1) is 9.20. The van der Waals surface area contributed by atoms with Gasteiger partial charge in [0.25, 0.3) is 0 Å². The summed E-state index contributed by atoms with van der Waals surface area (Å²) in [5.41, 5.74) is 1.15. The quantitative estimate of drug-likeness (QED) is 0.864. The second-order valence-electron chi connectivity index (χ2n) is 4.40. The number of methoxy groups -OCH3 is 1. The Bertz CT molecular complexity index is 525. The van der Waals surface area contributed by atoms with Crippen molar-refractivity contribution in [3.63, 3.8) is 0 Å². The van der Waals surface area contributed by atoms with E-state index in [1.165, 1.54) is 0 Å². The zero-order chi connectivity index (χ0) is 13.7. The lowest BCUT2D eigenvalue weighted by molar-refractivity contribution is 0.385. The van der Waals surface area contributed by atoms with Crippen molar-refractivity contribution in [2.75, 3.05) is 13.7 Å². The largest absolute Gasteiger partial charge is 0.496 e. The van der Waals surface area contributed by atoms with Crippen LogP contribution in [0.5, 0.6) is 5.75 Å². The van der Waals surface area contributed by atoms with Crippen LogP contribution >= 0.6 is 0 Å². The van der Waals surface area contributed by atoms with Crippen LogP contribution < -0.4 is 10.1 Å². The SMILES string of the molecule is COc1ccccc1C(C)NCCc1noc(C)n1. The Labute approximate surface area is 113 Å². The Morgan fingerprint density at radius 1 is 1.37 bits per heavy atom. The third-order valence-electron chi connectivity index (χ3n) is 2.97. The molecule has 0 spiro atoms. The van der Waals surface area contributed by atoms with E-state index < -0.39 is 0 Å². The van der Waals surface area contributed by atoms with Gasteiger partial charge < -0.3 is 14.6 Å². The first-order valence-corrected chi connectivity index (χ1v) is 6.36. The molecule has 5 nitrogen and oxygen atoms in total. The lowest BCUT2D eigenvalue weighted by Gasteiger charge is -2.16. The van der Waals surface area contributed by atoms with Crippen LogP contribution in [0.3, 0.4) is 0 Å². The van der Waals surface area contributed by atoms with Crippen molar-refractivity contribution in [2.24, 2.45) is 0 Å². The van der Waals surface area contributed by atoms with Crippen molar-refractivity contribution in [1.82, 2.24) is 15.5 Å². The summed E-state index contributed by atoms with van der Waals surface area (Å²) in [6.45, 7) is 4.69. The van der Waals surface area contributed by atoms with Crippen LogP contribution in [0.25, 0.3) is 0 Å². The van der Waals surface area contributed by atoms with E-state index >= 15 is 0 Å². The Morgan fingerprint density at radius 3 is 2.84 bits per heavy atom. The Balaban J connectivity index is 1.88. The topological polar surface area (TPSA) is 60.2 Å². The number of hydrogen-bond donors (Lipinski definition) is 1. The number of aromatic nitrogens is 2. The Kier molecular flexibility index (Phi) is 4.52. The first kappa shape index (κ1) is 13.5. The maximum absolute atomic E-state index is 5.35. The van der Waals surface area contributed by atoms with Crippen molar-refractivity contribution in [3.05, 3.63) is 41.5 Å². The summed E-state index contributed by atoms with van der Waals surface area (Å²) in [6, 6.07) is 8.23. The van der Waals surface area contributed by atoms with Crippen LogP contribution in [-0.4, -0.2) is 23.8 Å². The Morgan fingerprint density at radius 2 is 2.16 bits per heavy atom. The van der Waals surface area contributed by atoms with Crippen molar-refractivity contribution in [3.8, 4) is 5.75 Å². The van der Waals surface area contributed by atoms with Gasteiger partial charge in [0, 0.05) is 31.5 Å². The highest BCUT2D eigenvalue weighted by Gasteiger charge is 2.10. The van der Waals surface area contributed by atoms with E-state index in [0.717, 1.165) is 30.1 Å². The fourth-order valence-corrected chi connectivity index (χ4v) is 1.98. The highest BCUT2D eigenvalue weighted by molar-refractivity contribution is 5.35. The molecular weight excluding hydrogens is 242 g/mol. The molecule has 1 heterocycles. The van der Waals surface area contributed by atoms with E-state index in [1.807, 2.05) is 18.2 Å². The van der Waals surface area contributed by atoms with Gasteiger partial charge in [0.2, 0.25) is 5.89 Å². The third kappa shape index (κ3) is 3.54. The van der Waals surface area contributed by atoms with Gasteiger partial charge in [0.15, 0.2) is 5.82 Å². The highest BCUT2D eigenvalue weighted by atomic mass is 16.5. The van der Waals surface area contributed by atoms with Crippen LogP contribution in [0.2, 0.25) is 0 Å². The minimum Gasteiger partial charge on any atom is -0.496 e. The highest BCUT2D eigenvalue weighted by Crippen LogP contribution is 2.24. The molecule has 1 unspecified atom stereocenters. The monoisotopic (exact) mass is 261 g/mol. The minimum atomic E-state index is 0.212. The zero-order valence-corrected chi connectivity index (χ0v) is 11.5. The fourth-order valence-electron chi connectivity index (χ4n) is 1.98. The van der Waals surface area contributed by atoms with E-state index in [-0.39, 0.29) is 6.04 Å². The van der Waals surface area contributed by atoms with Crippen LogP contribution in [0.15, 0.2) is 28.8 Å². The van der Waals surface area contributed by atoms with Crippen LogP contribution in [0.4, 0.5) is 0 Å². The molecule has 1 N–H and O–H groups in total. The summed E-state index contributed by atoms with van der Waals surface area (Å²) in [6.07, 6.45) is 0.747. The van der Waals surface area contributed by atoms with Crippen molar-refractivity contribution < 1.29 is 9.26 Å². The molecule has 1 aromatic heterocycles. The molecule has 19 heavy (non-hydrogen) atoms.